The van der Waals surface area contributed by atoms with E-state index in [1.807, 2.05) is 0 Å². The second-order valence-corrected chi connectivity index (χ2v) is 22.5. The predicted octanol–water partition coefficient (Wildman–Crippen LogP) is 20.4. The van der Waals surface area contributed by atoms with E-state index in [4.69, 9.17) is 4.74 Å². The molecule has 0 aromatic heterocycles. The molecule has 0 fully saturated rings. The van der Waals surface area contributed by atoms with Crippen LogP contribution in [0.25, 0.3) is 0 Å². The molecule has 0 aromatic rings. The van der Waals surface area contributed by atoms with Crippen molar-refractivity contribution in [1.29, 1.82) is 0 Å². The van der Waals surface area contributed by atoms with Crippen LogP contribution in [0.1, 0.15) is 367 Å². The molecular weight excluding hydrogens is 875 g/mol. The minimum absolute atomic E-state index is 0.00562. The van der Waals surface area contributed by atoms with Crippen molar-refractivity contribution in [2.45, 2.75) is 379 Å². The Bertz CT molecular complexity index is 1060. The van der Waals surface area contributed by atoms with Crippen molar-refractivity contribution >= 4 is 11.9 Å². The van der Waals surface area contributed by atoms with Gasteiger partial charge in [-0.2, -0.15) is 0 Å². The van der Waals surface area contributed by atoms with Crippen molar-refractivity contribution < 1.29 is 24.5 Å². The zero-order valence-corrected chi connectivity index (χ0v) is 48.2. The number of ether oxygens (including phenoxy) is 1. The van der Waals surface area contributed by atoms with Crippen LogP contribution in [-0.2, 0) is 14.3 Å². The summed E-state index contributed by atoms with van der Waals surface area (Å²) in [6.45, 7) is 4.97. The molecule has 0 saturated heterocycles. The van der Waals surface area contributed by atoms with E-state index in [9.17, 15) is 19.8 Å². The molecule has 0 radical (unpaired) electrons. The number of hydrogen-bond donors (Lipinski definition) is 3. The van der Waals surface area contributed by atoms with Gasteiger partial charge in [-0.25, -0.2) is 0 Å². The summed E-state index contributed by atoms with van der Waals surface area (Å²) in [5.41, 5.74) is 0. The van der Waals surface area contributed by atoms with E-state index in [-0.39, 0.29) is 18.5 Å². The third-order valence-electron chi connectivity index (χ3n) is 15.3. The van der Waals surface area contributed by atoms with Crippen molar-refractivity contribution in [3.05, 3.63) is 12.2 Å². The van der Waals surface area contributed by atoms with Gasteiger partial charge in [0.15, 0.2) is 0 Å². The van der Waals surface area contributed by atoms with Crippen LogP contribution in [0.15, 0.2) is 12.2 Å². The molecule has 6 nitrogen and oxygen atoms in total. The molecule has 0 spiro atoms. The molecule has 2 unspecified atom stereocenters. The van der Waals surface area contributed by atoms with Gasteiger partial charge in [0.1, 0.15) is 0 Å². The number of amides is 1. The lowest BCUT2D eigenvalue weighted by atomic mass is 10.0. The minimum atomic E-state index is -0.673. The second kappa shape index (κ2) is 61.1. The van der Waals surface area contributed by atoms with Crippen molar-refractivity contribution in [3.63, 3.8) is 0 Å². The molecule has 0 rings (SSSR count). The van der Waals surface area contributed by atoms with Gasteiger partial charge in [-0.05, 0) is 51.4 Å². The Morgan fingerprint density at radius 2 is 0.662 bits per heavy atom. The fraction of sp³-hybridized carbons (Fsp3) is 0.938. The van der Waals surface area contributed by atoms with Crippen LogP contribution in [0.5, 0.6) is 0 Å². The summed E-state index contributed by atoms with van der Waals surface area (Å²) in [6, 6.07) is -0.552. The number of esters is 1. The normalized spacial score (nSPS) is 12.6. The van der Waals surface area contributed by atoms with E-state index in [0.29, 0.717) is 25.9 Å². The number of nitrogens with one attached hydrogen (secondary N) is 1. The van der Waals surface area contributed by atoms with Crippen molar-refractivity contribution in [2.24, 2.45) is 0 Å². The van der Waals surface area contributed by atoms with Crippen molar-refractivity contribution in [3.8, 4) is 0 Å². The molecule has 0 bridgehead atoms. The van der Waals surface area contributed by atoms with Crippen LogP contribution in [0.2, 0.25) is 0 Å². The van der Waals surface area contributed by atoms with Crippen molar-refractivity contribution in [2.75, 3.05) is 13.2 Å². The molecule has 71 heavy (non-hydrogen) atoms. The first-order valence-electron chi connectivity index (χ1n) is 32.4. The van der Waals surface area contributed by atoms with E-state index in [0.717, 1.165) is 57.8 Å². The summed E-state index contributed by atoms with van der Waals surface area (Å²) in [7, 11) is 0. The predicted molar refractivity (Wildman–Crippen MR) is 310 cm³/mol. The summed E-state index contributed by atoms with van der Waals surface area (Å²) >= 11 is 0. The van der Waals surface area contributed by atoms with Gasteiger partial charge in [0.25, 0.3) is 0 Å². The smallest absolute Gasteiger partial charge is 0.305 e. The maximum atomic E-state index is 12.5. The number of rotatable bonds is 61. The highest BCUT2D eigenvalue weighted by molar-refractivity contribution is 5.76. The standard InChI is InChI=1S/C65H127NO5/c1-3-5-7-9-11-13-15-17-18-19-20-21-22-23-24-27-30-34-37-41-45-49-53-57-63(68)62(61-67)66-64(69)58-54-50-46-42-38-35-31-28-25-26-29-32-36-40-44-48-52-56-60-71-65(70)59-55-51-47-43-39-33-16-14-12-10-8-6-4-2/h28,31,62-63,67-68H,3-27,29-30,32-61H2,1-2H3,(H,66,69)/b31-28-. The van der Waals surface area contributed by atoms with Gasteiger partial charge in [-0.3, -0.25) is 9.59 Å². The number of aliphatic hydroxyl groups is 2. The first kappa shape index (κ1) is 69.6. The van der Waals surface area contributed by atoms with Crippen LogP contribution in [0.3, 0.4) is 0 Å². The fourth-order valence-electron chi connectivity index (χ4n) is 10.3. The number of hydrogen-bond acceptors (Lipinski definition) is 5. The second-order valence-electron chi connectivity index (χ2n) is 22.5. The number of unbranched alkanes of at least 4 members (excludes halogenated alkanes) is 48. The number of aliphatic hydroxyl groups excluding tert-OH is 2. The van der Waals surface area contributed by atoms with Crippen LogP contribution in [-0.4, -0.2) is 47.4 Å². The van der Waals surface area contributed by atoms with E-state index in [2.05, 4.69) is 31.3 Å². The van der Waals surface area contributed by atoms with Gasteiger partial charge in [0, 0.05) is 12.8 Å². The molecule has 0 saturated carbocycles. The third kappa shape index (κ3) is 57.7. The van der Waals surface area contributed by atoms with Crippen LogP contribution >= 0.6 is 0 Å². The zero-order chi connectivity index (χ0) is 51.4. The number of allylic oxidation sites excluding steroid dienone is 2. The van der Waals surface area contributed by atoms with E-state index in [1.165, 1.54) is 276 Å². The molecular formula is C65H127NO5. The topological polar surface area (TPSA) is 95.9 Å². The molecule has 0 aliphatic heterocycles. The largest absolute Gasteiger partial charge is 0.466 e. The molecule has 6 heteroatoms. The Morgan fingerprint density at radius 3 is 1.00 bits per heavy atom. The summed E-state index contributed by atoms with van der Waals surface area (Å²) in [5, 5.41) is 23.4. The monoisotopic (exact) mass is 1000 g/mol. The molecule has 3 N–H and O–H groups in total. The van der Waals surface area contributed by atoms with Gasteiger partial charge >= 0.3 is 5.97 Å². The number of carbonyl (C=O) groups excluding carboxylic acids is 2. The lowest BCUT2D eigenvalue weighted by Gasteiger charge is -2.22. The Hall–Kier alpha value is -1.40. The molecule has 0 aliphatic rings. The van der Waals surface area contributed by atoms with Gasteiger partial charge in [-0.15, -0.1) is 0 Å². The molecule has 422 valence electrons. The molecule has 0 aliphatic carbocycles. The lowest BCUT2D eigenvalue weighted by Crippen LogP contribution is -2.45. The highest BCUT2D eigenvalue weighted by Crippen LogP contribution is 2.18. The third-order valence-corrected chi connectivity index (χ3v) is 15.3. The number of carbonyl (C=O) groups is 2. The van der Waals surface area contributed by atoms with Gasteiger partial charge in [0.2, 0.25) is 5.91 Å². The highest BCUT2D eigenvalue weighted by Gasteiger charge is 2.20. The Kier molecular flexibility index (Phi) is 59.9. The summed E-state index contributed by atoms with van der Waals surface area (Å²) in [5.74, 6) is -0.0392. The first-order chi connectivity index (χ1) is 35.0. The summed E-state index contributed by atoms with van der Waals surface area (Å²) < 4.78 is 5.48. The minimum Gasteiger partial charge on any atom is -0.466 e. The van der Waals surface area contributed by atoms with Crippen LogP contribution in [0, 0.1) is 0 Å². The maximum absolute atomic E-state index is 12.5. The Balaban J connectivity index is 3.44. The Labute approximate surface area is 444 Å². The average molecular weight is 1000 g/mol. The zero-order valence-electron chi connectivity index (χ0n) is 48.2. The molecule has 0 aromatic carbocycles. The van der Waals surface area contributed by atoms with E-state index in [1.54, 1.807) is 0 Å². The maximum Gasteiger partial charge on any atom is 0.305 e. The van der Waals surface area contributed by atoms with Crippen LogP contribution in [0.4, 0.5) is 0 Å². The SMILES string of the molecule is CCCCCCCCCCCCCCCCCCCCCCCCCC(O)C(CO)NC(=O)CCCCCCC/C=C\CCCCCCCCCCCOC(=O)CCCCCCCCCCCCCCC. The highest BCUT2D eigenvalue weighted by atomic mass is 16.5. The molecule has 0 heterocycles. The van der Waals surface area contributed by atoms with Crippen molar-refractivity contribution in [1.82, 2.24) is 5.32 Å². The average Bonchev–Trinajstić information content (AvgIpc) is 3.37. The lowest BCUT2D eigenvalue weighted by molar-refractivity contribution is -0.143. The summed E-state index contributed by atoms with van der Waals surface area (Å²) in [6.07, 6.45) is 73.7. The van der Waals surface area contributed by atoms with E-state index < -0.39 is 12.1 Å². The summed E-state index contributed by atoms with van der Waals surface area (Å²) in [4.78, 5) is 24.6. The first-order valence-corrected chi connectivity index (χ1v) is 32.4. The van der Waals surface area contributed by atoms with Gasteiger partial charge in [-0.1, -0.05) is 315 Å². The van der Waals surface area contributed by atoms with Crippen LogP contribution < -0.4 is 5.32 Å². The van der Waals surface area contributed by atoms with E-state index >= 15 is 0 Å². The molecule has 2 atom stereocenters. The van der Waals surface area contributed by atoms with Gasteiger partial charge < -0.3 is 20.3 Å². The fourth-order valence-corrected chi connectivity index (χ4v) is 10.3. The van der Waals surface area contributed by atoms with Gasteiger partial charge in [0.05, 0.1) is 25.4 Å². The molecule has 1 amide bonds. The quantitative estimate of drug-likeness (QED) is 0.0320. The Morgan fingerprint density at radius 1 is 0.380 bits per heavy atom.